The van der Waals surface area contributed by atoms with Crippen LogP contribution in [-0.4, -0.2) is 23.6 Å². The largest absolute Gasteiger partial charge is 0.317 e. The van der Waals surface area contributed by atoms with Crippen LogP contribution in [0.5, 0.6) is 0 Å². The molecule has 0 saturated carbocycles. The molecule has 0 atom stereocenters. The van der Waals surface area contributed by atoms with Crippen molar-refractivity contribution in [1.29, 1.82) is 0 Å². The molecule has 0 aromatic carbocycles. The Morgan fingerprint density at radius 2 is 1.88 bits per heavy atom. The fourth-order valence-corrected chi connectivity index (χ4v) is 2.26. The minimum absolute atomic E-state index is 0.783. The van der Waals surface area contributed by atoms with Gasteiger partial charge in [0.1, 0.15) is 0 Å². The van der Waals surface area contributed by atoms with Crippen molar-refractivity contribution in [3.05, 3.63) is 0 Å². The van der Waals surface area contributed by atoms with Gasteiger partial charge in [0.15, 0.2) is 0 Å². The molecular weight excluding hydrogens is 118 g/mol. The highest BCUT2D eigenvalue weighted by Gasteiger charge is 2.43. The minimum atomic E-state index is 0.783. The average Bonchev–Trinajstić information content (AvgIpc) is 2.52. The molecule has 0 unspecified atom stereocenters. The molecule has 0 radical (unpaired) electrons. The Morgan fingerprint density at radius 3 is 2.25 bits per heavy atom. The number of hydrogen-bond acceptors (Lipinski definition) is 2. The number of hydrogen-bond donors (Lipinski definition) is 1. The van der Waals surface area contributed by atoms with E-state index in [4.69, 9.17) is 0 Å². The van der Waals surface area contributed by atoms with E-state index in [-0.39, 0.29) is 0 Å². The summed E-state index contributed by atoms with van der Waals surface area (Å²) in [5, 5.41) is 3.37. The summed E-state index contributed by atoms with van der Waals surface area (Å²) in [6.45, 7) is 2.51. The predicted molar refractivity (Wildman–Crippen MR) is 37.3 cm³/mol. The smallest absolute Gasteiger partial charge is 0.0275 e. The molecule has 2 heterocycles. The second-order valence-electron chi connectivity index (χ2n) is 2.72. The maximum absolute atomic E-state index is 3.37. The highest BCUT2D eigenvalue weighted by Crippen LogP contribution is 2.50. The Labute approximate surface area is 54.2 Å². The number of piperidine rings is 1. The van der Waals surface area contributed by atoms with E-state index in [1.807, 2.05) is 0 Å². The molecule has 2 rings (SSSR count). The van der Waals surface area contributed by atoms with E-state index >= 15 is 0 Å². The van der Waals surface area contributed by atoms with Crippen LogP contribution in [0.2, 0.25) is 0 Å². The third-order valence-electron chi connectivity index (χ3n) is 2.07. The van der Waals surface area contributed by atoms with Gasteiger partial charge in [0.2, 0.25) is 0 Å². The second-order valence-corrected chi connectivity index (χ2v) is 4.17. The van der Waals surface area contributed by atoms with Gasteiger partial charge in [-0.15, -0.1) is 0 Å². The normalized spacial score (nSPS) is 33.0. The zero-order valence-electron chi connectivity index (χ0n) is 4.94. The van der Waals surface area contributed by atoms with Gasteiger partial charge in [-0.2, -0.15) is 11.8 Å². The molecule has 8 heavy (non-hydrogen) atoms. The summed E-state index contributed by atoms with van der Waals surface area (Å²) < 4.78 is 0.783. The zero-order valence-corrected chi connectivity index (χ0v) is 5.76. The van der Waals surface area contributed by atoms with Crippen molar-refractivity contribution >= 4 is 11.8 Å². The molecule has 2 fully saturated rings. The molecule has 2 aliphatic rings. The minimum Gasteiger partial charge on any atom is -0.317 e. The Kier molecular flexibility index (Phi) is 1.05. The van der Waals surface area contributed by atoms with E-state index in [0.29, 0.717) is 0 Å². The van der Waals surface area contributed by atoms with Crippen molar-refractivity contribution in [2.45, 2.75) is 17.6 Å². The Bertz CT molecular complexity index is 90.7. The molecule has 2 saturated heterocycles. The fraction of sp³-hybridized carbons (Fsp3) is 1.00. The predicted octanol–water partition coefficient (Wildman–Crippen LogP) is 0.855. The zero-order chi connectivity index (χ0) is 5.45. The standard InChI is InChI=1S/C6H11NS/c1-3-7-4-2-6(1)5-8-6/h7H,1-5H2. The molecule has 2 heteroatoms. The first kappa shape index (κ1) is 5.12. The summed E-state index contributed by atoms with van der Waals surface area (Å²) in [6, 6.07) is 0. The van der Waals surface area contributed by atoms with E-state index in [1.54, 1.807) is 0 Å². The van der Waals surface area contributed by atoms with Crippen molar-refractivity contribution in [2.24, 2.45) is 0 Å². The summed E-state index contributed by atoms with van der Waals surface area (Å²) in [7, 11) is 0. The summed E-state index contributed by atoms with van der Waals surface area (Å²) in [6.07, 6.45) is 2.83. The second kappa shape index (κ2) is 1.64. The van der Waals surface area contributed by atoms with Crippen LogP contribution < -0.4 is 5.32 Å². The summed E-state index contributed by atoms with van der Waals surface area (Å²) in [4.78, 5) is 0. The SMILES string of the molecule is C1CC2(CCN1)CS2. The van der Waals surface area contributed by atoms with E-state index in [1.165, 1.54) is 31.7 Å². The lowest BCUT2D eigenvalue weighted by molar-refractivity contribution is 0.473. The van der Waals surface area contributed by atoms with E-state index in [2.05, 4.69) is 17.1 Å². The first-order valence-electron chi connectivity index (χ1n) is 3.26. The van der Waals surface area contributed by atoms with Crippen molar-refractivity contribution in [3.8, 4) is 0 Å². The molecule has 0 bridgehead atoms. The van der Waals surface area contributed by atoms with Gasteiger partial charge < -0.3 is 5.32 Å². The number of rotatable bonds is 0. The molecule has 1 N–H and O–H groups in total. The lowest BCUT2D eigenvalue weighted by atomic mass is 10.0. The topological polar surface area (TPSA) is 12.0 Å². The van der Waals surface area contributed by atoms with Crippen molar-refractivity contribution in [3.63, 3.8) is 0 Å². The van der Waals surface area contributed by atoms with Crippen LogP contribution in [0.25, 0.3) is 0 Å². The summed E-state index contributed by atoms with van der Waals surface area (Å²) in [5.74, 6) is 1.44. The molecule has 1 nitrogen and oxygen atoms in total. The van der Waals surface area contributed by atoms with Gasteiger partial charge in [0.05, 0.1) is 0 Å². The average molecular weight is 129 g/mol. The van der Waals surface area contributed by atoms with E-state index in [9.17, 15) is 0 Å². The van der Waals surface area contributed by atoms with Crippen LogP contribution in [0.3, 0.4) is 0 Å². The maximum Gasteiger partial charge on any atom is 0.0275 e. The first-order chi connectivity index (χ1) is 3.91. The van der Waals surface area contributed by atoms with Gasteiger partial charge >= 0.3 is 0 Å². The van der Waals surface area contributed by atoms with Crippen LogP contribution in [0.15, 0.2) is 0 Å². The van der Waals surface area contributed by atoms with Crippen molar-refractivity contribution < 1.29 is 0 Å². The van der Waals surface area contributed by atoms with Gasteiger partial charge in [-0.1, -0.05) is 0 Å². The molecule has 0 aliphatic carbocycles. The van der Waals surface area contributed by atoms with Crippen molar-refractivity contribution in [2.75, 3.05) is 18.8 Å². The van der Waals surface area contributed by atoms with Crippen molar-refractivity contribution in [1.82, 2.24) is 5.32 Å². The lowest BCUT2D eigenvalue weighted by Crippen LogP contribution is -2.32. The molecule has 0 aromatic heterocycles. The highest BCUT2D eigenvalue weighted by atomic mass is 32.2. The van der Waals surface area contributed by atoms with Gasteiger partial charge in [-0.25, -0.2) is 0 Å². The summed E-state index contributed by atoms with van der Waals surface area (Å²) in [5.41, 5.74) is 0. The monoisotopic (exact) mass is 129 g/mol. The van der Waals surface area contributed by atoms with Crippen LogP contribution >= 0.6 is 11.8 Å². The molecule has 0 aromatic rings. The summed E-state index contributed by atoms with van der Waals surface area (Å²) >= 11 is 2.15. The third-order valence-corrected chi connectivity index (χ3v) is 3.58. The fourth-order valence-electron chi connectivity index (χ4n) is 1.27. The number of thioether (sulfide) groups is 1. The number of nitrogens with one attached hydrogen (secondary N) is 1. The van der Waals surface area contributed by atoms with Crippen LogP contribution in [-0.2, 0) is 0 Å². The Balaban J connectivity index is 1.95. The van der Waals surface area contributed by atoms with Gasteiger partial charge in [-0.3, -0.25) is 0 Å². The van der Waals surface area contributed by atoms with Crippen LogP contribution in [0.4, 0.5) is 0 Å². The molecule has 2 aliphatic heterocycles. The van der Waals surface area contributed by atoms with E-state index < -0.39 is 0 Å². The lowest BCUT2D eigenvalue weighted by Gasteiger charge is -2.19. The molecule has 1 spiro atoms. The van der Waals surface area contributed by atoms with Crippen LogP contribution in [0.1, 0.15) is 12.8 Å². The third kappa shape index (κ3) is 0.759. The van der Waals surface area contributed by atoms with Gasteiger partial charge in [0, 0.05) is 10.5 Å². The highest BCUT2D eigenvalue weighted by molar-refractivity contribution is 8.07. The molecule has 46 valence electrons. The van der Waals surface area contributed by atoms with E-state index in [0.717, 1.165) is 4.75 Å². The van der Waals surface area contributed by atoms with Gasteiger partial charge in [0.25, 0.3) is 0 Å². The maximum atomic E-state index is 3.37. The molecule has 0 amide bonds. The van der Waals surface area contributed by atoms with Gasteiger partial charge in [-0.05, 0) is 25.9 Å². The van der Waals surface area contributed by atoms with Crippen LogP contribution in [0, 0.1) is 0 Å². The Hall–Kier alpha value is 0.310. The quantitative estimate of drug-likeness (QED) is 0.487. The molecular formula is C6H11NS. The first-order valence-corrected chi connectivity index (χ1v) is 4.25. The Morgan fingerprint density at radius 1 is 1.25 bits per heavy atom.